The number of fused-ring (bicyclic) bond motifs is 1. The number of anilines is 3. The lowest BCUT2D eigenvalue weighted by Crippen LogP contribution is -2.32. The molecule has 2 N–H and O–H groups in total. The van der Waals surface area contributed by atoms with Gasteiger partial charge in [0.1, 0.15) is 17.4 Å². The summed E-state index contributed by atoms with van der Waals surface area (Å²) >= 11 is 0. The number of hydrogen-bond donors (Lipinski definition) is 2. The summed E-state index contributed by atoms with van der Waals surface area (Å²) in [6.45, 7) is 0.851. The molecule has 1 amide bonds. The molecule has 9 nitrogen and oxygen atoms in total. The Hall–Kier alpha value is -3.83. The second-order valence-electron chi connectivity index (χ2n) is 8.05. The van der Waals surface area contributed by atoms with Crippen molar-refractivity contribution in [2.24, 2.45) is 13.0 Å². The van der Waals surface area contributed by atoms with Crippen LogP contribution in [0.1, 0.15) is 40.3 Å². The van der Waals surface area contributed by atoms with Crippen molar-refractivity contribution in [3.63, 3.8) is 0 Å². The Bertz CT molecular complexity index is 1440. The molecule has 0 bridgehead atoms. The standard InChI is InChI=1S/C22H22F3N5O4/c1-11(22(23,24)25)30-7-6-16-18(20(30)32)15(10-29(16)2)27-14-8-17(28-19(31)12-4-5-12)26-9-13(14)21(33)34-3/h6-12H,4-5H2,1-3H3,(H2,26,27,28,31)/i3D3. The van der Waals surface area contributed by atoms with Gasteiger partial charge < -0.3 is 24.5 Å². The number of aryl methyl sites for hydroxylation is 1. The first-order valence-corrected chi connectivity index (χ1v) is 10.2. The monoisotopic (exact) mass is 480 g/mol. The lowest BCUT2D eigenvalue weighted by atomic mass is 10.2. The van der Waals surface area contributed by atoms with E-state index in [0.717, 1.165) is 32.2 Å². The smallest absolute Gasteiger partial charge is 0.408 e. The van der Waals surface area contributed by atoms with Crippen molar-refractivity contribution >= 4 is 40.0 Å². The molecule has 1 unspecified atom stereocenters. The maximum absolute atomic E-state index is 13.3. The van der Waals surface area contributed by atoms with Gasteiger partial charge in [0.05, 0.1) is 33.4 Å². The Morgan fingerprint density at radius 1 is 1.32 bits per heavy atom. The van der Waals surface area contributed by atoms with Crippen LogP contribution in [0.5, 0.6) is 0 Å². The lowest BCUT2D eigenvalue weighted by Gasteiger charge is -2.18. The molecule has 3 heterocycles. The molecule has 1 aliphatic rings. The van der Waals surface area contributed by atoms with Gasteiger partial charge in [-0.25, -0.2) is 9.78 Å². The predicted molar refractivity (Wildman–Crippen MR) is 118 cm³/mol. The minimum Gasteiger partial charge on any atom is -0.465 e. The number of amides is 1. The minimum absolute atomic E-state index is 0.0353. The van der Waals surface area contributed by atoms with Crippen molar-refractivity contribution in [2.75, 3.05) is 17.7 Å². The van der Waals surface area contributed by atoms with Crippen LogP contribution in [-0.4, -0.2) is 39.2 Å². The summed E-state index contributed by atoms with van der Waals surface area (Å²) in [4.78, 5) is 41.8. The van der Waals surface area contributed by atoms with Crippen LogP contribution in [0, 0.1) is 5.92 Å². The van der Waals surface area contributed by atoms with E-state index in [2.05, 4.69) is 20.4 Å². The number of rotatable bonds is 6. The molecule has 0 saturated heterocycles. The van der Waals surface area contributed by atoms with Crippen LogP contribution < -0.4 is 16.2 Å². The zero-order valence-corrected chi connectivity index (χ0v) is 18.1. The second-order valence-corrected chi connectivity index (χ2v) is 8.05. The number of nitrogens with zero attached hydrogens (tertiary/aromatic N) is 3. The van der Waals surface area contributed by atoms with Crippen molar-refractivity contribution in [3.05, 3.63) is 46.6 Å². The quantitative estimate of drug-likeness (QED) is 0.521. The largest absolute Gasteiger partial charge is 0.465 e. The van der Waals surface area contributed by atoms with E-state index in [1.54, 1.807) is 7.05 Å². The topological polar surface area (TPSA) is 107 Å². The van der Waals surface area contributed by atoms with Gasteiger partial charge in [-0.05, 0) is 25.8 Å². The first-order valence-electron chi connectivity index (χ1n) is 11.7. The summed E-state index contributed by atoms with van der Waals surface area (Å²) in [5, 5.41) is 5.31. The molecule has 12 heteroatoms. The third-order valence-corrected chi connectivity index (χ3v) is 5.65. The number of esters is 1. The van der Waals surface area contributed by atoms with Crippen molar-refractivity contribution in [2.45, 2.75) is 32.0 Å². The van der Waals surface area contributed by atoms with Crippen LogP contribution in [-0.2, 0) is 16.6 Å². The van der Waals surface area contributed by atoms with Crippen LogP contribution in [0.25, 0.3) is 10.9 Å². The fourth-order valence-electron chi connectivity index (χ4n) is 3.54. The van der Waals surface area contributed by atoms with Gasteiger partial charge in [0.25, 0.3) is 5.56 Å². The summed E-state index contributed by atoms with van der Waals surface area (Å²) in [6, 6.07) is 0.490. The fraction of sp³-hybridized carbons (Fsp3) is 0.364. The van der Waals surface area contributed by atoms with Crippen molar-refractivity contribution in [1.29, 1.82) is 0 Å². The summed E-state index contributed by atoms with van der Waals surface area (Å²) in [5.41, 5.74) is -1.01. The minimum atomic E-state index is -4.67. The third kappa shape index (κ3) is 4.35. The molecule has 0 radical (unpaired) electrons. The highest BCUT2D eigenvalue weighted by Crippen LogP contribution is 2.33. The number of carbonyl (C=O) groups is 2. The molecule has 34 heavy (non-hydrogen) atoms. The van der Waals surface area contributed by atoms with E-state index in [1.165, 1.54) is 22.9 Å². The Kier molecular flexibility index (Phi) is 4.91. The molecular formula is C22H22F3N5O4. The molecular weight excluding hydrogens is 455 g/mol. The SMILES string of the molecule is [2H]C([2H])([2H])OC(=O)c1cnc(NC(=O)C2CC2)cc1Nc1cn(C)c2ccn(C(C)C(F)(F)F)c(=O)c12. The molecule has 0 aliphatic heterocycles. The van der Waals surface area contributed by atoms with Crippen LogP contribution in [0.2, 0.25) is 0 Å². The maximum atomic E-state index is 13.3. The number of pyridine rings is 2. The van der Waals surface area contributed by atoms with Gasteiger partial charge in [-0.15, -0.1) is 0 Å². The molecule has 180 valence electrons. The zero-order valence-electron chi connectivity index (χ0n) is 21.1. The molecule has 1 saturated carbocycles. The van der Waals surface area contributed by atoms with Gasteiger partial charge in [0, 0.05) is 37.6 Å². The Morgan fingerprint density at radius 2 is 2.06 bits per heavy atom. The highest BCUT2D eigenvalue weighted by atomic mass is 19.4. The second kappa shape index (κ2) is 8.50. The molecule has 3 aromatic heterocycles. The highest BCUT2D eigenvalue weighted by molar-refractivity contribution is 6.01. The first kappa shape index (κ1) is 19.6. The van der Waals surface area contributed by atoms with E-state index < -0.39 is 30.8 Å². The Labute approximate surface area is 195 Å². The van der Waals surface area contributed by atoms with E-state index in [-0.39, 0.29) is 40.0 Å². The van der Waals surface area contributed by atoms with Gasteiger partial charge >= 0.3 is 12.1 Å². The van der Waals surface area contributed by atoms with E-state index >= 15 is 0 Å². The van der Waals surface area contributed by atoms with Crippen LogP contribution in [0.3, 0.4) is 0 Å². The summed E-state index contributed by atoms with van der Waals surface area (Å²) in [5.74, 6) is -1.68. The molecule has 1 fully saturated rings. The number of aromatic nitrogens is 3. The third-order valence-electron chi connectivity index (χ3n) is 5.65. The molecule has 1 aliphatic carbocycles. The number of ether oxygens (including phenoxy) is 1. The van der Waals surface area contributed by atoms with Crippen molar-refractivity contribution in [1.82, 2.24) is 14.1 Å². The normalized spacial score (nSPS) is 16.3. The molecule has 0 aromatic carbocycles. The van der Waals surface area contributed by atoms with E-state index in [1.807, 2.05) is 0 Å². The van der Waals surface area contributed by atoms with Crippen LogP contribution in [0.15, 0.2) is 35.5 Å². The summed E-state index contributed by atoms with van der Waals surface area (Å²) in [7, 11) is -1.49. The van der Waals surface area contributed by atoms with Gasteiger partial charge in [-0.3, -0.25) is 9.59 Å². The Morgan fingerprint density at radius 3 is 2.71 bits per heavy atom. The van der Waals surface area contributed by atoms with E-state index in [9.17, 15) is 27.6 Å². The zero-order chi connectivity index (χ0) is 27.3. The number of hydrogen-bond acceptors (Lipinski definition) is 6. The number of methoxy groups -OCH3 is 1. The number of carbonyl (C=O) groups excluding carboxylic acids is 2. The van der Waals surface area contributed by atoms with Gasteiger partial charge in [-0.1, -0.05) is 0 Å². The molecule has 3 aromatic rings. The first-order chi connectivity index (χ1) is 17.2. The van der Waals surface area contributed by atoms with Gasteiger partial charge in [0.15, 0.2) is 0 Å². The number of alkyl halides is 3. The van der Waals surface area contributed by atoms with Crippen molar-refractivity contribution < 1.29 is 31.6 Å². The molecule has 1 atom stereocenters. The average Bonchev–Trinajstić information content (AvgIpc) is 3.57. The Balaban J connectivity index is 1.80. The van der Waals surface area contributed by atoms with Crippen molar-refractivity contribution in [3.8, 4) is 0 Å². The average molecular weight is 480 g/mol. The lowest BCUT2D eigenvalue weighted by molar-refractivity contribution is -0.163. The highest BCUT2D eigenvalue weighted by Gasteiger charge is 2.38. The van der Waals surface area contributed by atoms with Gasteiger partial charge in [-0.2, -0.15) is 13.2 Å². The summed E-state index contributed by atoms with van der Waals surface area (Å²) < 4.78 is 68.1. The van der Waals surface area contributed by atoms with E-state index in [4.69, 9.17) is 4.11 Å². The number of nitrogens with one attached hydrogen (secondary N) is 2. The number of halogens is 3. The van der Waals surface area contributed by atoms with Crippen LogP contribution >= 0.6 is 0 Å². The van der Waals surface area contributed by atoms with Crippen LogP contribution in [0.4, 0.5) is 30.4 Å². The van der Waals surface area contributed by atoms with E-state index in [0.29, 0.717) is 10.1 Å². The predicted octanol–water partition coefficient (Wildman–Crippen LogP) is 3.74. The summed E-state index contributed by atoms with van der Waals surface area (Å²) in [6.07, 6.45) is 0.233. The maximum Gasteiger partial charge on any atom is 0.408 e. The van der Waals surface area contributed by atoms with Gasteiger partial charge in [0.2, 0.25) is 5.91 Å². The molecule has 4 rings (SSSR count). The molecule has 0 spiro atoms. The fourth-order valence-corrected chi connectivity index (χ4v) is 3.54.